The summed E-state index contributed by atoms with van der Waals surface area (Å²) in [6, 6.07) is 4.64. The lowest BCUT2D eigenvalue weighted by atomic mass is 9.84. The van der Waals surface area contributed by atoms with Gasteiger partial charge in [-0.15, -0.1) is 24.8 Å². The summed E-state index contributed by atoms with van der Waals surface area (Å²) in [5.74, 6) is 0.744. The van der Waals surface area contributed by atoms with Gasteiger partial charge in [0.1, 0.15) is 5.82 Å². The van der Waals surface area contributed by atoms with E-state index in [2.05, 4.69) is 12.2 Å². The lowest BCUT2D eigenvalue weighted by Crippen LogP contribution is -2.49. The van der Waals surface area contributed by atoms with Gasteiger partial charge in [-0.3, -0.25) is 9.59 Å². The minimum Gasteiger partial charge on any atom is -0.366 e. The molecule has 2 aliphatic rings. The number of nitrogens with one attached hydrogen (secondary N) is 1. The van der Waals surface area contributed by atoms with Crippen molar-refractivity contribution in [3.05, 3.63) is 29.6 Å². The number of benzene rings is 1. The zero-order chi connectivity index (χ0) is 19.4. The number of amides is 1. The van der Waals surface area contributed by atoms with Crippen LogP contribution in [0, 0.1) is 17.7 Å². The summed E-state index contributed by atoms with van der Waals surface area (Å²) in [6.07, 6.45) is 2.90. The number of piperazine rings is 1. The number of hydrogen-bond acceptors (Lipinski definition) is 4. The lowest BCUT2D eigenvalue weighted by molar-refractivity contribution is -0.132. The molecule has 2 aliphatic heterocycles. The van der Waals surface area contributed by atoms with E-state index in [0.29, 0.717) is 55.7 Å². The molecule has 1 amide bonds. The molecule has 0 bridgehead atoms. The average molecular weight is 448 g/mol. The highest BCUT2D eigenvalue weighted by molar-refractivity contribution is 5.94. The second-order valence-corrected chi connectivity index (χ2v) is 7.86. The fraction of sp³-hybridized carbons (Fsp3) is 0.619. The summed E-state index contributed by atoms with van der Waals surface area (Å²) in [5, 5.41) is 3.37. The first-order valence-corrected chi connectivity index (χ1v) is 9.99. The molecule has 3 rings (SSSR count). The minimum atomic E-state index is -0.373. The number of piperidine rings is 1. The maximum atomic E-state index is 14.3. The van der Waals surface area contributed by atoms with Crippen LogP contribution in [0.25, 0.3) is 0 Å². The van der Waals surface area contributed by atoms with Gasteiger partial charge in [0.05, 0.1) is 5.69 Å². The molecule has 1 unspecified atom stereocenters. The third-order valence-electron chi connectivity index (χ3n) is 6.01. The van der Waals surface area contributed by atoms with Crippen LogP contribution in [-0.4, -0.2) is 55.9 Å². The van der Waals surface area contributed by atoms with E-state index in [-0.39, 0.29) is 42.3 Å². The Kier molecular flexibility index (Phi) is 10.4. The Morgan fingerprint density at radius 3 is 2.31 bits per heavy atom. The molecule has 0 saturated carbocycles. The van der Waals surface area contributed by atoms with Crippen molar-refractivity contribution in [3.8, 4) is 0 Å². The van der Waals surface area contributed by atoms with Gasteiger partial charge in [0.25, 0.3) is 0 Å². The normalized spacial score (nSPS) is 18.4. The van der Waals surface area contributed by atoms with E-state index >= 15 is 0 Å². The molecule has 1 aromatic rings. The molecule has 1 aromatic carbocycles. The summed E-state index contributed by atoms with van der Waals surface area (Å²) in [4.78, 5) is 27.9. The fourth-order valence-electron chi connectivity index (χ4n) is 4.16. The molecule has 1 N–H and O–H groups in total. The third kappa shape index (κ3) is 6.56. The molecule has 164 valence electrons. The lowest BCUT2D eigenvalue weighted by Gasteiger charge is -2.37. The average Bonchev–Trinajstić information content (AvgIpc) is 2.68. The van der Waals surface area contributed by atoms with Crippen molar-refractivity contribution < 1.29 is 14.0 Å². The van der Waals surface area contributed by atoms with E-state index in [4.69, 9.17) is 0 Å². The maximum absolute atomic E-state index is 14.3. The van der Waals surface area contributed by atoms with E-state index in [0.717, 1.165) is 25.9 Å². The second kappa shape index (κ2) is 11.7. The number of hydrogen-bond donors (Lipinski definition) is 1. The molecule has 2 fully saturated rings. The monoisotopic (exact) mass is 447 g/mol. The molecular formula is C21H32Cl2FN3O2. The zero-order valence-corrected chi connectivity index (χ0v) is 18.8. The van der Waals surface area contributed by atoms with E-state index < -0.39 is 0 Å². The van der Waals surface area contributed by atoms with E-state index in [9.17, 15) is 14.0 Å². The molecular weight excluding hydrogens is 416 g/mol. The summed E-state index contributed by atoms with van der Waals surface area (Å²) in [7, 11) is 0. The molecule has 2 saturated heterocycles. The molecule has 29 heavy (non-hydrogen) atoms. The molecule has 5 nitrogen and oxygen atoms in total. The highest BCUT2D eigenvalue weighted by Gasteiger charge is 2.27. The van der Waals surface area contributed by atoms with Gasteiger partial charge in [0, 0.05) is 38.2 Å². The van der Waals surface area contributed by atoms with Crippen molar-refractivity contribution in [2.75, 3.05) is 44.2 Å². The Balaban J connectivity index is 0.00000210. The number of carbonyl (C=O) groups excluding carboxylic acids is 2. The highest BCUT2D eigenvalue weighted by Crippen LogP contribution is 2.26. The van der Waals surface area contributed by atoms with Gasteiger partial charge >= 0.3 is 0 Å². The molecule has 0 radical (unpaired) electrons. The van der Waals surface area contributed by atoms with Crippen LogP contribution in [0.2, 0.25) is 0 Å². The Hall–Kier alpha value is -1.37. The maximum Gasteiger partial charge on any atom is 0.222 e. The standard InChI is InChI=1S/C21H30FN3O2.2ClH/c1-15(17-5-7-23-8-6-17)13-21(27)25-11-9-24(10-12-25)20-4-3-18(16(2)26)14-19(20)22;;/h3-4,14-15,17,23H,5-13H2,1-2H3;2*1H. The van der Waals surface area contributed by atoms with Crippen molar-refractivity contribution >= 4 is 42.2 Å². The summed E-state index contributed by atoms with van der Waals surface area (Å²) in [6.45, 7) is 8.19. The smallest absolute Gasteiger partial charge is 0.222 e. The van der Waals surface area contributed by atoms with Crippen molar-refractivity contribution in [1.82, 2.24) is 10.2 Å². The SMILES string of the molecule is CC(=O)c1ccc(N2CCN(C(=O)CC(C)C3CCNCC3)CC2)c(F)c1.Cl.Cl. The van der Waals surface area contributed by atoms with Crippen LogP contribution in [0.15, 0.2) is 18.2 Å². The van der Waals surface area contributed by atoms with Gasteiger partial charge in [-0.1, -0.05) is 6.92 Å². The fourth-order valence-corrected chi connectivity index (χ4v) is 4.16. The third-order valence-corrected chi connectivity index (χ3v) is 6.01. The van der Waals surface area contributed by atoms with Gasteiger partial charge in [0.15, 0.2) is 5.78 Å². The van der Waals surface area contributed by atoms with Gasteiger partial charge in [-0.2, -0.15) is 0 Å². The molecule has 1 atom stereocenters. The van der Waals surface area contributed by atoms with Crippen LogP contribution in [-0.2, 0) is 4.79 Å². The molecule has 2 heterocycles. The first kappa shape index (κ1) is 25.7. The molecule has 0 spiro atoms. The van der Waals surface area contributed by atoms with Crippen molar-refractivity contribution in [1.29, 1.82) is 0 Å². The van der Waals surface area contributed by atoms with Crippen LogP contribution >= 0.6 is 24.8 Å². The van der Waals surface area contributed by atoms with Gasteiger partial charge in [0.2, 0.25) is 5.91 Å². The summed E-state index contributed by atoms with van der Waals surface area (Å²) < 4.78 is 14.3. The Morgan fingerprint density at radius 1 is 1.14 bits per heavy atom. The number of ketones is 1. The topological polar surface area (TPSA) is 52.7 Å². The van der Waals surface area contributed by atoms with Crippen LogP contribution in [0.4, 0.5) is 10.1 Å². The van der Waals surface area contributed by atoms with E-state index in [1.165, 1.54) is 13.0 Å². The summed E-state index contributed by atoms with van der Waals surface area (Å²) in [5.41, 5.74) is 0.895. The van der Waals surface area contributed by atoms with Crippen molar-refractivity contribution in [3.63, 3.8) is 0 Å². The largest absolute Gasteiger partial charge is 0.366 e. The van der Waals surface area contributed by atoms with E-state index in [1.807, 2.05) is 9.80 Å². The van der Waals surface area contributed by atoms with Crippen molar-refractivity contribution in [2.24, 2.45) is 11.8 Å². The number of halogens is 3. The second-order valence-electron chi connectivity index (χ2n) is 7.86. The number of carbonyl (C=O) groups is 2. The van der Waals surface area contributed by atoms with E-state index in [1.54, 1.807) is 12.1 Å². The van der Waals surface area contributed by atoms with Crippen molar-refractivity contribution in [2.45, 2.75) is 33.1 Å². The van der Waals surface area contributed by atoms with Gasteiger partial charge in [-0.25, -0.2) is 4.39 Å². The zero-order valence-electron chi connectivity index (χ0n) is 17.2. The Morgan fingerprint density at radius 2 is 1.76 bits per heavy atom. The predicted octanol–water partition coefficient (Wildman–Crippen LogP) is 3.55. The first-order chi connectivity index (χ1) is 13.0. The van der Waals surface area contributed by atoms with Gasteiger partial charge < -0.3 is 15.1 Å². The first-order valence-electron chi connectivity index (χ1n) is 9.99. The molecule has 0 aromatic heterocycles. The number of Topliss-reactive ketones (excluding diaryl/α,β-unsaturated/α-hetero) is 1. The molecule has 0 aliphatic carbocycles. The number of rotatable bonds is 5. The predicted molar refractivity (Wildman–Crippen MR) is 119 cm³/mol. The van der Waals surface area contributed by atoms with Crippen LogP contribution in [0.3, 0.4) is 0 Å². The minimum absolute atomic E-state index is 0. The Labute approximate surface area is 185 Å². The Bertz CT molecular complexity index is 691. The highest BCUT2D eigenvalue weighted by atomic mass is 35.5. The number of anilines is 1. The summed E-state index contributed by atoms with van der Waals surface area (Å²) >= 11 is 0. The van der Waals surface area contributed by atoms with Crippen LogP contribution in [0.5, 0.6) is 0 Å². The number of nitrogens with zero attached hydrogens (tertiary/aromatic N) is 2. The quantitative estimate of drug-likeness (QED) is 0.701. The molecule has 8 heteroatoms. The van der Waals surface area contributed by atoms with Crippen LogP contribution < -0.4 is 10.2 Å². The van der Waals surface area contributed by atoms with Gasteiger partial charge in [-0.05, 0) is 62.9 Å². The van der Waals surface area contributed by atoms with Crippen LogP contribution in [0.1, 0.15) is 43.5 Å².